The number of amides is 3. The molecule has 4 rings (SSSR count). The van der Waals surface area contributed by atoms with Gasteiger partial charge in [-0.25, -0.2) is 4.79 Å². The average Bonchev–Trinajstić information content (AvgIpc) is 3.27. The third kappa shape index (κ3) is 5.41. The molecule has 1 heterocycles. The molecular weight excluding hydrogens is 430 g/mol. The highest BCUT2D eigenvalue weighted by molar-refractivity contribution is 6.01. The molecule has 1 saturated carbocycles. The molecule has 2 aromatic carbocycles. The summed E-state index contributed by atoms with van der Waals surface area (Å²) in [6.45, 7) is 2.67. The maximum Gasteiger partial charge on any atom is 0.316 e. The second kappa shape index (κ2) is 10.7. The Labute approximate surface area is 200 Å². The molecule has 3 amide bonds. The molecule has 0 aromatic heterocycles. The molecule has 1 atom stereocenters. The van der Waals surface area contributed by atoms with Crippen molar-refractivity contribution < 1.29 is 19.1 Å². The van der Waals surface area contributed by atoms with Crippen molar-refractivity contribution in [1.29, 1.82) is 0 Å². The van der Waals surface area contributed by atoms with Gasteiger partial charge in [-0.3, -0.25) is 9.59 Å². The second-order valence-corrected chi connectivity index (χ2v) is 9.13. The maximum atomic E-state index is 13.7. The van der Waals surface area contributed by atoms with Crippen molar-refractivity contribution in [2.75, 3.05) is 18.1 Å². The second-order valence-electron chi connectivity index (χ2n) is 9.13. The van der Waals surface area contributed by atoms with E-state index in [4.69, 9.17) is 4.74 Å². The summed E-state index contributed by atoms with van der Waals surface area (Å²) in [5, 5.41) is 5.99. The van der Waals surface area contributed by atoms with E-state index < -0.39 is 17.6 Å². The van der Waals surface area contributed by atoms with Gasteiger partial charge in [0.15, 0.2) is 0 Å². The molecule has 0 unspecified atom stereocenters. The highest BCUT2D eigenvalue weighted by Crippen LogP contribution is 2.33. The number of anilines is 1. The Balaban J connectivity index is 1.54. The Bertz CT molecular complexity index is 1020. The van der Waals surface area contributed by atoms with Crippen LogP contribution in [0.25, 0.3) is 0 Å². The van der Waals surface area contributed by atoms with Crippen molar-refractivity contribution in [2.45, 2.75) is 63.5 Å². The van der Waals surface area contributed by atoms with Crippen molar-refractivity contribution >= 4 is 23.6 Å². The van der Waals surface area contributed by atoms with Crippen LogP contribution in [-0.2, 0) is 20.7 Å². The Hall–Kier alpha value is -3.35. The van der Waals surface area contributed by atoms with Crippen molar-refractivity contribution in [3.8, 4) is 0 Å². The molecule has 0 spiro atoms. The maximum absolute atomic E-state index is 13.7. The predicted molar refractivity (Wildman–Crippen MR) is 130 cm³/mol. The minimum Gasteiger partial charge on any atom is -0.466 e. The zero-order valence-electron chi connectivity index (χ0n) is 19.7. The molecule has 0 saturated heterocycles. The number of benzene rings is 2. The zero-order valence-corrected chi connectivity index (χ0v) is 19.7. The molecular formula is C27H33N3O4. The molecule has 0 bridgehead atoms. The van der Waals surface area contributed by atoms with E-state index in [1.165, 1.54) is 0 Å². The van der Waals surface area contributed by atoms with Gasteiger partial charge in [0.25, 0.3) is 5.91 Å². The third-order valence-corrected chi connectivity index (χ3v) is 6.79. The first kappa shape index (κ1) is 23.8. The molecule has 1 aliphatic heterocycles. The number of fused-ring (bicyclic) bond motifs is 1. The Morgan fingerprint density at radius 1 is 1.00 bits per heavy atom. The van der Waals surface area contributed by atoms with Gasteiger partial charge in [-0.1, -0.05) is 67.8 Å². The van der Waals surface area contributed by atoms with Crippen LogP contribution in [0, 0.1) is 0 Å². The lowest BCUT2D eigenvalue weighted by Gasteiger charge is -2.38. The molecule has 7 heteroatoms. The van der Waals surface area contributed by atoms with Crippen molar-refractivity contribution in [2.24, 2.45) is 0 Å². The third-order valence-electron chi connectivity index (χ3n) is 6.79. The van der Waals surface area contributed by atoms with Crippen LogP contribution in [0.2, 0.25) is 0 Å². The van der Waals surface area contributed by atoms with Gasteiger partial charge < -0.3 is 20.3 Å². The van der Waals surface area contributed by atoms with Gasteiger partial charge >= 0.3 is 12.0 Å². The molecule has 2 aromatic rings. The number of nitrogens with zero attached hydrogens (tertiary/aromatic N) is 1. The number of nitrogens with one attached hydrogen (secondary N) is 2. The highest BCUT2D eigenvalue weighted by atomic mass is 16.5. The summed E-state index contributed by atoms with van der Waals surface area (Å²) in [4.78, 5) is 41.0. The van der Waals surface area contributed by atoms with Crippen LogP contribution < -0.4 is 15.5 Å². The number of carbonyl (C=O) groups is 3. The normalized spacial score (nSPS) is 17.4. The minimum absolute atomic E-state index is 0.137. The molecule has 180 valence electrons. The number of hydrogen-bond donors (Lipinski definition) is 2. The largest absolute Gasteiger partial charge is 0.466 e. The first-order valence-electron chi connectivity index (χ1n) is 12.2. The lowest BCUT2D eigenvalue weighted by atomic mass is 9.79. The van der Waals surface area contributed by atoms with E-state index in [0.29, 0.717) is 26.0 Å². The lowest BCUT2D eigenvalue weighted by molar-refractivity contribution is -0.145. The van der Waals surface area contributed by atoms with E-state index in [2.05, 4.69) is 10.6 Å². The summed E-state index contributed by atoms with van der Waals surface area (Å²) < 4.78 is 5.17. The number of ether oxygens (including phenoxy) is 1. The summed E-state index contributed by atoms with van der Waals surface area (Å²) in [6, 6.07) is 15.9. The number of para-hydroxylation sites is 1. The highest BCUT2D eigenvalue weighted by Gasteiger charge is 2.38. The van der Waals surface area contributed by atoms with E-state index in [1.807, 2.05) is 54.6 Å². The van der Waals surface area contributed by atoms with Gasteiger partial charge in [0, 0.05) is 12.2 Å². The fourth-order valence-corrected chi connectivity index (χ4v) is 5.13. The number of urea groups is 1. The van der Waals surface area contributed by atoms with Crippen molar-refractivity contribution in [1.82, 2.24) is 10.6 Å². The summed E-state index contributed by atoms with van der Waals surface area (Å²) in [5.41, 5.74) is 2.08. The van der Waals surface area contributed by atoms with Crippen molar-refractivity contribution in [3.05, 3.63) is 65.7 Å². The number of hydrogen-bond acceptors (Lipinski definition) is 4. The van der Waals surface area contributed by atoms with Crippen LogP contribution >= 0.6 is 0 Å². The Morgan fingerprint density at radius 3 is 2.44 bits per heavy atom. The minimum atomic E-state index is -0.837. The summed E-state index contributed by atoms with van der Waals surface area (Å²) in [5.74, 6) is -0.483. The predicted octanol–water partition coefficient (Wildman–Crippen LogP) is 4.27. The number of esters is 1. The lowest BCUT2D eigenvalue weighted by Crippen LogP contribution is -2.56. The van der Waals surface area contributed by atoms with Crippen LogP contribution in [0.1, 0.15) is 62.6 Å². The van der Waals surface area contributed by atoms with Gasteiger partial charge in [-0.05, 0) is 43.4 Å². The molecule has 2 aliphatic rings. The first-order chi connectivity index (χ1) is 16.5. The van der Waals surface area contributed by atoms with E-state index >= 15 is 0 Å². The Kier molecular flexibility index (Phi) is 7.50. The molecule has 2 N–H and O–H groups in total. The molecule has 1 fully saturated rings. The van der Waals surface area contributed by atoms with Gasteiger partial charge in [-0.15, -0.1) is 0 Å². The van der Waals surface area contributed by atoms with E-state index in [1.54, 1.807) is 11.8 Å². The number of carbonyl (C=O) groups excluding carboxylic acids is 3. The van der Waals surface area contributed by atoms with Gasteiger partial charge in [0.05, 0.1) is 18.6 Å². The topological polar surface area (TPSA) is 87.7 Å². The quantitative estimate of drug-likeness (QED) is 0.600. The molecule has 34 heavy (non-hydrogen) atoms. The number of rotatable bonds is 7. The zero-order chi connectivity index (χ0) is 24.0. The van der Waals surface area contributed by atoms with Crippen LogP contribution in [-0.4, -0.2) is 36.6 Å². The van der Waals surface area contributed by atoms with Gasteiger partial charge in [0.2, 0.25) is 0 Å². The SMILES string of the molecule is CCOC(=O)CC1(NC(=O)N[C@@H](C(=O)N2CCc3ccccc32)c2ccccc2)CCCCC1. The summed E-state index contributed by atoms with van der Waals surface area (Å²) in [6.07, 6.45) is 5.30. The summed E-state index contributed by atoms with van der Waals surface area (Å²) in [7, 11) is 0. The Morgan fingerprint density at radius 2 is 1.71 bits per heavy atom. The van der Waals surface area contributed by atoms with Crippen LogP contribution in [0.5, 0.6) is 0 Å². The molecule has 1 aliphatic carbocycles. The van der Waals surface area contributed by atoms with E-state index in [9.17, 15) is 14.4 Å². The average molecular weight is 464 g/mol. The van der Waals surface area contributed by atoms with Crippen LogP contribution in [0.4, 0.5) is 10.5 Å². The monoisotopic (exact) mass is 463 g/mol. The summed E-state index contributed by atoms with van der Waals surface area (Å²) >= 11 is 0. The smallest absolute Gasteiger partial charge is 0.316 e. The first-order valence-corrected chi connectivity index (χ1v) is 12.2. The van der Waals surface area contributed by atoms with Crippen LogP contribution in [0.3, 0.4) is 0 Å². The van der Waals surface area contributed by atoms with E-state index in [-0.39, 0.29) is 18.3 Å². The van der Waals surface area contributed by atoms with Gasteiger partial charge in [-0.2, -0.15) is 0 Å². The standard InChI is InChI=1S/C27H33N3O4/c1-2-34-23(31)19-27(16-9-4-10-17-27)29-26(33)28-24(21-12-5-3-6-13-21)25(32)30-18-15-20-11-7-8-14-22(20)30/h3,5-8,11-14,24H,2,4,9-10,15-19H2,1H3,(H2,28,29,33)/t24-/m1/s1. The molecule has 0 radical (unpaired) electrons. The van der Waals surface area contributed by atoms with Crippen molar-refractivity contribution in [3.63, 3.8) is 0 Å². The van der Waals surface area contributed by atoms with Crippen LogP contribution in [0.15, 0.2) is 54.6 Å². The fourth-order valence-electron chi connectivity index (χ4n) is 5.13. The van der Waals surface area contributed by atoms with Gasteiger partial charge in [0.1, 0.15) is 6.04 Å². The van der Waals surface area contributed by atoms with E-state index in [0.717, 1.165) is 42.5 Å². The molecule has 7 nitrogen and oxygen atoms in total. The fraction of sp³-hybridized carbons (Fsp3) is 0.444.